The van der Waals surface area contributed by atoms with Gasteiger partial charge in [0, 0.05) is 30.6 Å². The Hall–Kier alpha value is -0.730. The predicted octanol–water partition coefficient (Wildman–Crippen LogP) is 1.48. The van der Waals surface area contributed by atoms with Crippen LogP contribution < -0.4 is 5.32 Å². The largest absolute Gasteiger partial charge is 0.395 e. The van der Waals surface area contributed by atoms with Crippen LogP contribution in [0.3, 0.4) is 0 Å². The molecular formula is C14H22N2O3S2. The molecule has 1 aliphatic carbocycles. The van der Waals surface area contributed by atoms with Gasteiger partial charge < -0.3 is 10.4 Å². The molecule has 0 radical (unpaired) electrons. The number of sulfonamides is 1. The molecular weight excluding hydrogens is 308 g/mol. The van der Waals surface area contributed by atoms with Crippen molar-refractivity contribution in [1.29, 1.82) is 0 Å². The first-order valence-corrected chi connectivity index (χ1v) is 9.29. The quantitative estimate of drug-likeness (QED) is 0.673. The summed E-state index contributed by atoms with van der Waals surface area (Å²) in [6.07, 6.45) is 3.95. The van der Waals surface area contributed by atoms with E-state index >= 15 is 0 Å². The zero-order chi connectivity index (χ0) is 15.5. The van der Waals surface area contributed by atoms with Crippen LogP contribution in [0.5, 0.6) is 0 Å². The summed E-state index contributed by atoms with van der Waals surface area (Å²) in [4.78, 5) is 1.06. The van der Waals surface area contributed by atoms with Crippen molar-refractivity contribution in [2.24, 2.45) is 0 Å². The van der Waals surface area contributed by atoms with Gasteiger partial charge >= 0.3 is 0 Å². The van der Waals surface area contributed by atoms with Crippen molar-refractivity contribution in [2.45, 2.75) is 36.6 Å². The van der Waals surface area contributed by atoms with E-state index < -0.39 is 10.0 Å². The fraction of sp³-hybridized carbons (Fsp3) is 0.571. The fourth-order valence-corrected chi connectivity index (χ4v) is 5.11. The zero-order valence-corrected chi connectivity index (χ0v) is 13.8. The van der Waals surface area contributed by atoms with Crippen molar-refractivity contribution >= 4 is 21.4 Å². The summed E-state index contributed by atoms with van der Waals surface area (Å²) < 4.78 is 26.8. The molecule has 1 aromatic rings. The maximum absolute atomic E-state index is 12.6. The molecule has 2 rings (SSSR count). The number of nitrogens with one attached hydrogen (secondary N) is 1. The number of nitrogens with zero attached hydrogens (tertiary/aromatic N) is 1. The number of hydrogen-bond donors (Lipinski definition) is 2. The van der Waals surface area contributed by atoms with Crippen LogP contribution in [0, 0.1) is 6.92 Å². The summed E-state index contributed by atoms with van der Waals surface area (Å²) >= 11 is 1.31. The third-order valence-electron chi connectivity index (χ3n) is 3.40. The van der Waals surface area contributed by atoms with Crippen molar-refractivity contribution in [1.82, 2.24) is 9.62 Å². The lowest BCUT2D eigenvalue weighted by atomic mass is 10.3. The summed E-state index contributed by atoms with van der Waals surface area (Å²) in [6.45, 7) is 6.32. The molecule has 1 aromatic heterocycles. The SMILES string of the molecule is C=CCN(CCO)S(=O)(=O)c1cc(C)c(CNC2CC2)s1. The average Bonchev–Trinajstić information content (AvgIpc) is 3.19. The zero-order valence-electron chi connectivity index (χ0n) is 12.2. The number of aliphatic hydroxyl groups excluding tert-OH is 1. The highest BCUT2D eigenvalue weighted by Crippen LogP contribution is 2.29. The van der Waals surface area contributed by atoms with E-state index in [1.807, 2.05) is 6.92 Å². The summed E-state index contributed by atoms with van der Waals surface area (Å²) in [5.74, 6) is 0. The number of aryl methyl sites for hydroxylation is 1. The average molecular weight is 330 g/mol. The molecule has 5 nitrogen and oxygen atoms in total. The molecule has 0 spiro atoms. The molecule has 1 aliphatic rings. The van der Waals surface area contributed by atoms with Gasteiger partial charge in [-0.3, -0.25) is 0 Å². The van der Waals surface area contributed by atoms with Gasteiger partial charge in [-0.1, -0.05) is 6.08 Å². The van der Waals surface area contributed by atoms with Crippen molar-refractivity contribution in [3.8, 4) is 0 Å². The second kappa shape index (κ2) is 7.02. The van der Waals surface area contributed by atoms with Gasteiger partial charge in [0.05, 0.1) is 6.61 Å². The molecule has 21 heavy (non-hydrogen) atoms. The van der Waals surface area contributed by atoms with Crippen LogP contribution in [-0.4, -0.2) is 43.6 Å². The molecule has 1 saturated carbocycles. The van der Waals surface area contributed by atoms with E-state index in [0.717, 1.165) is 17.0 Å². The van der Waals surface area contributed by atoms with E-state index in [4.69, 9.17) is 5.11 Å². The molecule has 0 aliphatic heterocycles. The number of rotatable bonds is 9. The summed E-state index contributed by atoms with van der Waals surface area (Å²) in [5, 5.41) is 12.4. The van der Waals surface area contributed by atoms with Gasteiger partial charge in [0.15, 0.2) is 0 Å². The Morgan fingerprint density at radius 3 is 2.86 bits per heavy atom. The Morgan fingerprint density at radius 2 is 2.29 bits per heavy atom. The van der Waals surface area contributed by atoms with E-state index in [9.17, 15) is 8.42 Å². The van der Waals surface area contributed by atoms with Crippen LogP contribution >= 0.6 is 11.3 Å². The third kappa shape index (κ3) is 4.14. The predicted molar refractivity (Wildman–Crippen MR) is 85.0 cm³/mol. The van der Waals surface area contributed by atoms with Crippen molar-refractivity contribution in [3.05, 3.63) is 29.2 Å². The van der Waals surface area contributed by atoms with Crippen molar-refractivity contribution in [2.75, 3.05) is 19.7 Å². The van der Waals surface area contributed by atoms with E-state index in [-0.39, 0.29) is 19.7 Å². The molecule has 1 heterocycles. The Balaban J connectivity index is 2.17. The Kier molecular flexibility index (Phi) is 5.56. The van der Waals surface area contributed by atoms with E-state index in [2.05, 4.69) is 11.9 Å². The monoisotopic (exact) mass is 330 g/mol. The normalized spacial score (nSPS) is 15.6. The third-order valence-corrected chi connectivity index (χ3v) is 6.95. The highest BCUT2D eigenvalue weighted by Gasteiger charge is 2.26. The molecule has 0 amide bonds. The fourth-order valence-electron chi connectivity index (χ4n) is 2.01. The smallest absolute Gasteiger partial charge is 0.252 e. The molecule has 0 atom stereocenters. The lowest BCUT2D eigenvalue weighted by molar-refractivity contribution is 0.260. The molecule has 2 N–H and O–H groups in total. The van der Waals surface area contributed by atoms with Crippen LogP contribution in [0.25, 0.3) is 0 Å². The minimum absolute atomic E-state index is 0.0843. The highest BCUT2D eigenvalue weighted by molar-refractivity contribution is 7.91. The van der Waals surface area contributed by atoms with Crippen molar-refractivity contribution in [3.63, 3.8) is 0 Å². The van der Waals surface area contributed by atoms with Gasteiger partial charge in [-0.25, -0.2) is 8.42 Å². The Labute approximate surface area is 130 Å². The summed E-state index contributed by atoms with van der Waals surface area (Å²) in [5.41, 5.74) is 0.995. The minimum atomic E-state index is -3.56. The van der Waals surface area contributed by atoms with Crippen molar-refractivity contribution < 1.29 is 13.5 Å². The molecule has 118 valence electrons. The topological polar surface area (TPSA) is 69.6 Å². The number of aliphatic hydroxyl groups is 1. The first kappa shape index (κ1) is 16.6. The second-order valence-electron chi connectivity index (χ2n) is 5.20. The highest BCUT2D eigenvalue weighted by atomic mass is 32.2. The standard InChI is InChI=1S/C14H22N2O3S2/c1-3-6-16(7-8-17)21(18,19)14-9-11(2)13(20-14)10-15-12-4-5-12/h3,9,12,15,17H,1,4-8,10H2,2H3. The van der Waals surface area contributed by atoms with Gasteiger partial charge in [0.25, 0.3) is 10.0 Å². The molecule has 0 bridgehead atoms. The Morgan fingerprint density at radius 1 is 1.57 bits per heavy atom. The van der Waals surface area contributed by atoms with Crippen LogP contribution in [0.1, 0.15) is 23.3 Å². The maximum Gasteiger partial charge on any atom is 0.252 e. The van der Waals surface area contributed by atoms with Gasteiger partial charge in [-0.2, -0.15) is 4.31 Å². The van der Waals surface area contributed by atoms with Gasteiger partial charge in [-0.15, -0.1) is 17.9 Å². The maximum atomic E-state index is 12.6. The van der Waals surface area contributed by atoms with Gasteiger partial charge in [-0.05, 0) is 31.4 Å². The van der Waals surface area contributed by atoms with E-state index in [1.165, 1.54) is 34.6 Å². The molecule has 0 saturated heterocycles. The van der Waals surface area contributed by atoms with E-state index in [1.54, 1.807) is 6.07 Å². The van der Waals surface area contributed by atoms with Crippen LogP contribution in [0.4, 0.5) is 0 Å². The van der Waals surface area contributed by atoms with E-state index in [0.29, 0.717) is 10.3 Å². The Bertz CT molecular complexity index is 591. The molecule has 1 fully saturated rings. The van der Waals surface area contributed by atoms with Gasteiger partial charge in [0.2, 0.25) is 0 Å². The first-order chi connectivity index (χ1) is 9.98. The number of hydrogen-bond acceptors (Lipinski definition) is 5. The lowest BCUT2D eigenvalue weighted by Gasteiger charge is -2.18. The first-order valence-electron chi connectivity index (χ1n) is 7.03. The second-order valence-corrected chi connectivity index (χ2v) is 8.50. The lowest BCUT2D eigenvalue weighted by Crippen LogP contribution is -2.33. The van der Waals surface area contributed by atoms with Crippen LogP contribution in [-0.2, 0) is 16.6 Å². The number of thiophene rings is 1. The molecule has 0 unspecified atom stereocenters. The van der Waals surface area contributed by atoms with Crippen LogP contribution in [0.15, 0.2) is 22.9 Å². The molecule has 0 aromatic carbocycles. The molecule has 7 heteroatoms. The van der Waals surface area contributed by atoms with Crippen LogP contribution in [0.2, 0.25) is 0 Å². The summed E-state index contributed by atoms with van der Waals surface area (Å²) in [6, 6.07) is 2.32. The van der Waals surface area contributed by atoms with Gasteiger partial charge in [0.1, 0.15) is 4.21 Å². The minimum Gasteiger partial charge on any atom is -0.395 e. The summed E-state index contributed by atoms with van der Waals surface area (Å²) in [7, 11) is -3.56.